The number of benzene rings is 1. The van der Waals surface area contributed by atoms with Crippen molar-refractivity contribution < 1.29 is 14.6 Å². The van der Waals surface area contributed by atoms with Gasteiger partial charge >= 0.3 is 5.97 Å². The highest BCUT2D eigenvalue weighted by Gasteiger charge is 2.22. The number of morpholine rings is 1. The first-order valence-corrected chi connectivity index (χ1v) is 6.81. The Balaban J connectivity index is 1.88. The number of aryl methyl sites for hydroxylation is 1. The van der Waals surface area contributed by atoms with Crippen molar-refractivity contribution in [1.82, 2.24) is 4.90 Å². The van der Waals surface area contributed by atoms with Gasteiger partial charge in [-0.05, 0) is 17.5 Å². The quantitative estimate of drug-likeness (QED) is 0.882. The van der Waals surface area contributed by atoms with E-state index in [4.69, 9.17) is 9.84 Å². The molecule has 1 aliphatic heterocycles. The van der Waals surface area contributed by atoms with Gasteiger partial charge in [0.05, 0.1) is 19.1 Å². The summed E-state index contributed by atoms with van der Waals surface area (Å²) in [6.45, 7) is 5.19. The predicted molar refractivity (Wildman–Crippen MR) is 73.1 cm³/mol. The molecule has 4 nitrogen and oxygen atoms in total. The summed E-state index contributed by atoms with van der Waals surface area (Å²) in [5.41, 5.74) is 2.61. The average molecular weight is 263 g/mol. The standard InChI is InChI=1S/C15H21NO3/c1-2-12-3-5-13(6-4-12)10-16-7-8-19-14(11-16)9-15(17)18/h3-6,14H,2,7-11H2,1H3,(H,17,18). The van der Waals surface area contributed by atoms with E-state index in [1.54, 1.807) is 0 Å². The fourth-order valence-electron chi connectivity index (χ4n) is 2.38. The average Bonchev–Trinajstić information content (AvgIpc) is 2.39. The van der Waals surface area contributed by atoms with Crippen LogP contribution in [0.5, 0.6) is 0 Å². The summed E-state index contributed by atoms with van der Waals surface area (Å²) < 4.78 is 5.47. The number of hydrogen-bond donors (Lipinski definition) is 1. The highest BCUT2D eigenvalue weighted by Crippen LogP contribution is 2.13. The summed E-state index contributed by atoms with van der Waals surface area (Å²) >= 11 is 0. The van der Waals surface area contributed by atoms with Gasteiger partial charge < -0.3 is 9.84 Å². The first-order chi connectivity index (χ1) is 9.17. The molecule has 1 N–H and O–H groups in total. The number of ether oxygens (including phenoxy) is 1. The highest BCUT2D eigenvalue weighted by molar-refractivity contribution is 5.67. The van der Waals surface area contributed by atoms with E-state index in [0.717, 1.165) is 19.5 Å². The maximum Gasteiger partial charge on any atom is 0.306 e. The number of carboxylic acid groups (broad SMARTS) is 1. The van der Waals surface area contributed by atoms with E-state index in [1.807, 2.05) is 0 Å². The summed E-state index contributed by atoms with van der Waals surface area (Å²) in [7, 11) is 0. The van der Waals surface area contributed by atoms with Crippen LogP contribution in [0.3, 0.4) is 0 Å². The lowest BCUT2D eigenvalue weighted by Crippen LogP contribution is -2.42. The molecule has 0 aliphatic carbocycles. The van der Waals surface area contributed by atoms with Crippen LogP contribution in [0.25, 0.3) is 0 Å². The monoisotopic (exact) mass is 263 g/mol. The molecule has 1 saturated heterocycles. The van der Waals surface area contributed by atoms with Gasteiger partial charge in [-0.1, -0.05) is 31.2 Å². The fraction of sp³-hybridized carbons (Fsp3) is 0.533. The zero-order valence-electron chi connectivity index (χ0n) is 11.3. The van der Waals surface area contributed by atoms with Crippen molar-refractivity contribution in [2.75, 3.05) is 19.7 Å². The van der Waals surface area contributed by atoms with Gasteiger partial charge in [-0.3, -0.25) is 9.69 Å². The predicted octanol–water partition coefficient (Wildman–Crippen LogP) is 1.92. The van der Waals surface area contributed by atoms with E-state index >= 15 is 0 Å². The largest absolute Gasteiger partial charge is 0.481 e. The third-order valence-corrected chi connectivity index (χ3v) is 3.46. The lowest BCUT2D eigenvalue weighted by Gasteiger charge is -2.32. The second-order valence-corrected chi connectivity index (χ2v) is 5.00. The normalized spacial score (nSPS) is 20.4. The van der Waals surface area contributed by atoms with Crippen molar-refractivity contribution in [3.05, 3.63) is 35.4 Å². The smallest absolute Gasteiger partial charge is 0.306 e. The second kappa shape index (κ2) is 6.68. The molecule has 19 heavy (non-hydrogen) atoms. The first kappa shape index (κ1) is 14.0. The molecular weight excluding hydrogens is 242 g/mol. The molecule has 0 amide bonds. The molecule has 1 aromatic carbocycles. The van der Waals surface area contributed by atoms with Crippen molar-refractivity contribution in [2.24, 2.45) is 0 Å². The van der Waals surface area contributed by atoms with Crippen LogP contribution in [0.1, 0.15) is 24.5 Å². The van der Waals surface area contributed by atoms with Crippen molar-refractivity contribution in [2.45, 2.75) is 32.4 Å². The minimum Gasteiger partial charge on any atom is -0.481 e. The van der Waals surface area contributed by atoms with Gasteiger partial charge in [-0.15, -0.1) is 0 Å². The van der Waals surface area contributed by atoms with Gasteiger partial charge in [-0.2, -0.15) is 0 Å². The zero-order valence-corrected chi connectivity index (χ0v) is 11.3. The van der Waals surface area contributed by atoms with E-state index in [2.05, 4.69) is 36.1 Å². The SMILES string of the molecule is CCc1ccc(CN2CCOC(CC(=O)O)C2)cc1. The Morgan fingerprint density at radius 2 is 2.05 bits per heavy atom. The first-order valence-electron chi connectivity index (χ1n) is 6.81. The van der Waals surface area contributed by atoms with Crippen LogP contribution in [0.4, 0.5) is 0 Å². The van der Waals surface area contributed by atoms with Crippen LogP contribution in [0.2, 0.25) is 0 Å². The molecule has 1 aliphatic rings. The molecule has 0 aromatic heterocycles. The number of aliphatic carboxylic acids is 1. The van der Waals surface area contributed by atoms with Crippen LogP contribution < -0.4 is 0 Å². The van der Waals surface area contributed by atoms with Gasteiger partial charge in [0, 0.05) is 19.6 Å². The molecule has 0 bridgehead atoms. The Labute approximate surface area is 114 Å². The van der Waals surface area contributed by atoms with Gasteiger partial charge in [0.2, 0.25) is 0 Å². The molecule has 104 valence electrons. The molecule has 2 rings (SSSR count). The van der Waals surface area contributed by atoms with Crippen LogP contribution in [-0.2, 0) is 22.5 Å². The summed E-state index contributed by atoms with van der Waals surface area (Å²) in [5, 5.41) is 8.80. The van der Waals surface area contributed by atoms with Gasteiger partial charge in [0.15, 0.2) is 0 Å². The summed E-state index contributed by atoms with van der Waals surface area (Å²) in [6.07, 6.45) is 0.963. The lowest BCUT2D eigenvalue weighted by molar-refractivity contribution is -0.142. The summed E-state index contributed by atoms with van der Waals surface area (Å²) in [6, 6.07) is 8.62. The van der Waals surface area contributed by atoms with E-state index in [0.29, 0.717) is 13.2 Å². The minimum absolute atomic E-state index is 0.0886. The van der Waals surface area contributed by atoms with Crippen LogP contribution in [0, 0.1) is 0 Å². The molecule has 0 spiro atoms. The lowest BCUT2D eigenvalue weighted by atomic mass is 10.1. The van der Waals surface area contributed by atoms with Gasteiger partial charge in [-0.25, -0.2) is 0 Å². The Bertz CT molecular complexity index is 416. The summed E-state index contributed by atoms with van der Waals surface area (Å²) in [5.74, 6) is -0.792. The molecule has 1 fully saturated rings. The van der Waals surface area contributed by atoms with Crippen LogP contribution >= 0.6 is 0 Å². The third-order valence-electron chi connectivity index (χ3n) is 3.46. The topological polar surface area (TPSA) is 49.8 Å². The van der Waals surface area contributed by atoms with Gasteiger partial charge in [0.25, 0.3) is 0 Å². The van der Waals surface area contributed by atoms with E-state index < -0.39 is 5.97 Å². The molecular formula is C15H21NO3. The number of rotatable bonds is 5. The second-order valence-electron chi connectivity index (χ2n) is 5.00. The zero-order chi connectivity index (χ0) is 13.7. The van der Waals surface area contributed by atoms with Gasteiger partial charge in [0.1, 0.15) is 0 Å². The van der Waals surface area contributed by atoms with E-state index in [1.165, 1.54) is 11.1 Å². The van der Waals surface area contributed by atoms with Crippen LogP contribution in [-0.4, -0.2) is 41.8 Å². The molecule has 1 heterocycles. The highest BCUT2D eigenvalue weighted by atomic mass is 16.5. The third kappa shape index (κ3) is 4.33. The number of nitrogens with zero attached hydrogens (tertiary/aromatic N) is 1. The number of carbonyl (C=O) groups is 1. The fourth-order valence-corrected chi connectivity index (χ4v) is 2.38. The molecule has 4 heteroatoms. The molecule has 1 aromatic rings. The minimum atomic E-state index is -0.792. The van der Waals surface area contributed by atoms with E-state index in [9.17, 15) is 4.79 Å². The van der Waals surface area contributed by atoms with Crippen molar-refractivity contribution in [1.29, 1.82) is 0 Å². The molecule has 0 radical (unpaired) electrons. The Morgan fingerprint density at radius 3 is 2.68 bits per heavy atom. The van der Waals surface area contributed by atoms with Crippen molar-refractivity contribution in [3.8, 4) is 0 Å². The van der Waals surface area contributed by atoms with Crippen molar-refractivity contribution >= 4 is 5.97 Å². The molecule has 1 atom stereocenters. The summed E-state index contributed by atoms with van der Waals surface area (Å²) in [4.78, 5) is 13.0. The Hall–Kier alpha value is -1.39. The number of hydrogen-bond acceptors (Lipinski definition) is 3. The Kier molecular flexibility index (Phi) is 4.93. The molecule has 0 saturated carbocycles. The maximum atomic E-state index is 10.7. The van der Waals surface area contributed by atoms with Crippen LogP contribution in [0.15, 0.2) is 24.3 Å². The molecule has 1 unspecified atom stereocenters. The number of carboxylic acids is 1. The van der Waals surface area contributed by atoms with E-state index in [-0.39, 0.29) is 12.5 Å². The Morgan fingerprint density at radius 1 is 1.37 bits per heavy atom. The maximum absolute atomic E-state index is 10.7. The van der Waals surface area contributed by atoms with Crippen molar-refractivity contribution in [3.63, 3.8) is 0 Å².